The fourth-order valence-electron chi connectivity index (χ4n) is 1.54. The highest BCUT2D eigenvalue weighted by Gasteiger charge is 2.17. The molecule has 0 aliphatic carbocycles. The number of pyridine rings is 1. The highest BCUT2D eigenvalue weighted by molar-refractivity contribution is 6.07. The Labute approximate surface area is 111 Å². The van der Waals surface area contributed by atoms with E-state index < -0.39 is 34.8 Å². The lowest BCUT2D eigenvalue weighted by molar-refractivity contribution is 0.0691. The van der Waals surface area contributed by atoms with Gasteiger partial charge in [0.1, 0.15) is 11.6 Å². The number of aromatic carboxylic acids is 1. The largest absolute Gasteiger partial charge is 0.476 e. The van der Waals surface area contributed by atoms with Gasteiger partial charge in [-0.25, -0.2) is 18.6 Å². The second-order valence-corrected chi connectivity index (χ2v) is 3.78. The van der Waals surface area contributed by atoms with E-state index in [-0.39, 0.29) is 5.69 Å². The van der Waals surface area contributed by atoms with Gasteiger partial charge in [0.05, 0.1) is 11.3 Å². The van der Waals surface area contributed by atoms with Crippen LogP contribution in [0.1, 0.15) is 20.8 Å². The van der Waals surface area contributed by atoms with E-state index in [1.165, 1.54) is 18.3 Å². The maximum atomic E-state index is 13.4. The molecular formula is C13H8F2N2O3. The summed E-state index contributed by atoms with van der Waals surface area (Å²) in [6.07, 6.45) is 1.24. The van der Waals surface area contributed by atoms with Gasteiger partial charge in [-0.05, 0) is 30.3 Å². The third-order valence-corrected chi connectivity index (χ3v) is 2.43. The molecule has 2 aromatic rings. The Morgan fingerprint density at radius 3 is 2.65 bits per heavy atom. The number of carboxylic acid groups (broad SMARTS) is 1. The Balaban J connectivity index is 2.33. The first-order chi connectivity index (χ1) is 9.49. The third kappa shape index (κ3) is 2.77. The van der Waals surface area contributed by atoms with Crippen molar-refractivity contribution in [2.24, 2.45) is 0 Å². The summed E-state index contributed by atoms with van der Waals surface area (Å²) in [4.78, 5) is 26.3. The molecule has 1 amide bonds. The van der Waals surface area contributed by atoms with E-state index in [9.17, 15) is 18.4 Å². The lowest BCUT2D eigenvalue weighted by atomic mass is 10.2. The molecular weight excluding hydrogens is 270 g/mol. The second-order valence-electron chi connectivity index (χ2n) is 3.78. The van der Waals surface area contributed by atoms with Crippen molar-refractivity contribution in [2.75, 3.05) is 5.32 Å². The normalized spacial score (nSPS) is 10.1. The number of hydrogen-bond donors (Lipinski definition) is 2. The molecule has 0 aliphatic heterocycles. The number of carboxylic acids is 1. The Hall–Kier alpha value is -2.83. The van der Waals surface area contributed by atoms with Crippen molar-refractivity contribution in [3.05, 3.63) is 59.4 Å². The summed E-state index contributed by atoms with van der Waals surface area (Å²) in [5, 5.41) is 11.1. The number of nitrogens with zero attached hydrogens (tertiary/aromatic N) is 1. The summed E-state index contributed by atoms with van der Waals surface area (Å²) in [7, 11) is 0. The van der Waals surface area contributed by atoms with Crippen LogP contribution in [0, 0.1) is 11.6 Å². The molecule has 2 N–H and O–H groups in total. The molecule has 7 heteroatoms. The van der Waals surface area contributed by atoms with Gasteiger partial charge in [0.2, 0.25) is 0 Å². The smallest absolute Gasteiger partial charge is 0.356 e. The monoisotopic (exact) mass is 278 g/mol. The first-order valence-corrected chi connectivity index (χ1v) is 5.44. The van der Waals surface area contributed by atoms with Gasteiger partial charge in [0.15, 0.2) is 5.69 Å². The van der Waals surface area contributed by atoms with Crippen LogP contribution in [0.2, 0.25) is 0 Å². The predicted octanol–water partition coefficient (Wildman–Crippen LogP) is 2.31. The summed E-state index contributed by atoms with van der Waals surface area (Å²) >= 11 is 0. The number of hydrogen-bond acceptors (Lipinski definition) is 3. The molecule has 0 radical (unpaired) electrons. The van der Waals surface area contributed by atoms with E-state index in [2.05, 4.69) is 10.3 Å². The highest BCUT2D eigenvalue weighted by Crippen LogP contribution is 2.16. The first-order valence-electron chi connectivity index (χ1n) is 5.44. The summed E-state index contributed by atoms with van der Waals surface area (Å²) < 4.78 is 26.4. The van der Waals surface area contributed by atoms with E-state index in [4.69, 9.17) is 5.11 Å². The van der Waals surface area contributed by atoms with Gasteiger partial charge in [0.25, 0.3) is 5.91 Å². The molecule has 1 heterocycles. The van der Waals surface area contributed by atoms with E-state index in [1.54, 1.807) is 0 Å². The van der Waals surface area contributed by atoms with Gasteiger partial charge in [-0.1, -0.05) is 0 Å². The lowest BCUT2D eigenvalue weighted by Gasteiger charge is -2.08. The van der Waals surface area contributed by atoms with Gasteiger partial charge in [-0.3, -0.25) is 4.79 Å². The molecule has 20 heavy (non-hydrogen) atoms. The van der Waals surface area contributed by atoms with Crippen molar-refractivity contribution in [2.45, 2.75) is 0 Å². The number of benzene rings is 1. The molecule has 0 fully saturated rings. The zero-order chi connectivity index (χ0) is 14.7. The molecule has 102 valence electrons. The van der Waals surface area contributed by atoms with Crippen LogP contribution in [0.15, 0.2) is 36.5 Å². The molecule has 0 unspecified atom stereocenters. The molecule has 0 aliphatic rings. The Morgan fingerprint density at radius 2 is 1.95 bits per heavy atom. The standard InChI is InChI=1S/C13H8F2N2O3/c14-7-3-4-9(15)8(6-7)12(18)17-10-2-1-5-16-11(10)13(19)20/h1-6H,(H,17,18)(H,19,20). The number of aromatic nitrogens is 1. The fraction of sp³-hybridized carbons (Fsp3) is 0. The average molecular weight is 278 g/mol. The van der Waals surface area contributed by atoms with Crippen LogP contribution in [-0.4, -0.2) is 22.0 Å². The van der Waals surface area contributed by atoms with Crippen molar-refractivity contribution in [1.29, 1.82) is 0 Å². The van der Waals surface area contributed by atoms with Crippen LogP contribution in [0.4, 0.5) is 14.5 Å². The molecule has 0 saturated carbocycles. The maximum Gasteiger partial charge on any atom is 0.356 e. The number of rotatable bonds is 3. The minimum absolute atomic E-state index is 0.103. The minimum atomic E-state index is -1.35. The molecule has 5 nitrogen and oxygen atoms in total. The Bertz CT molecular complexity index is 689. The molecule has 2 rings (SSSR count). The highest BCUT2D eigenvalue weighted by atomic mass is 19.1. The number of anilines is 1. The molecule has 0 bridgehead atoms. The molecule has 0 atom stereocenters. The number of carbonyl (C=O) groups is 2. The number of carbonyl (C=O) groups excluding carboxylic acids is 1. The van der Waals surface area contributed by atoms with Crippen LogP contribution in [0.5, 0.6) is 0 Å². The second kappa shape index (κ2) is 5.43. The van der Waals surface area contributed by atoms with Gasteiger partial charge in [-0.15, -0.1) is 0 Å². The van der Waals surface area contributed by atoms with Crippen LogP contribution in [0.3, 0.4) is 0 Å². The zero-order valence-corrected chi connectivity index (χ0v) is 9.93. The number of nitrogens with one attached hydrogen (secondary N) is 1. The SMILES string of the molecule is O=C(Nc1cccnc1C(=O)O)c1cc(F)ccc1F. The maximum absolute atomic E-state index is 13.4. The van der Waals surface area contributed by atoms with Crippen molar-refractivity contribution < 1.29 is 23.5 Å². The average Bonchev–Trinajstić information content (AvgIpc) is 2.41. The molecule has 1 aromatic heterocycles. The molecule has 1 aromatic carbocycles. The summed E-state index contributed by atoms with van der Waals surface area (Å²) in [5.74, 6) is -4.00. The van der Waals surface area contributed by atoms with Gasteiger partial charge in [-0.2, -0.15) is 0 Å². The third-order valence-electron chi connectivity index (χ3n) is 2.43. The fourth-order valence-corrected chi connectivity index (χ4v) is 1.54. The summed E-state index contributed by atoms with van der Waals surface area (Å²) in [6.45, 7) is 0. The topological polar surface area (TPSA) is 79.3 Å². The number of amides is 1. The number of halogens is 2. The van der Waals surface area contributed by atoms with Crippen LogP contribution >= 0.6 is 0 Å². The Kier molecular flexibility index (Phi) is 3.69. The van der Waals surface area contributed by atoms with Crippen molar-refractivity contribution in [1.82, 2.24) is 4.98 Å². The van der Waals surface area contributed by atoms with Gasteiger partial charge >= 0.3 is 5.97 Å². The van der Waals surface area contributed by atoms with Gasteiger partial charge < -0.3 is 10.4 Å². The summed E-state index contributed by atoms with van der Waals surface area (Å²) in [5.41, 5.74) is -1.02. The quantitative estimate of drug-likeness (QED) is 0.903. The zero-order valence-electron chi connectivity index (χ0n) is 9.93. The Morgan fingerprint density at radius 1 is 1.20 bits per heavy atom. The minimum Gasteiger partial charge on any atom is -0.476 e. The van der Waals surface area contributed by atoms with Crippen molar-refractivity contribution in [3.63, 3.8) is 0 Å². The molecule has 0 saturated heterocycles. The lowest BCUT2D eigenvalue weighted by Crippen LogP contribution is -2.17. The van der Waals surface area contributed by atoms with E-state index in [0.29, 0.717) is 0 Å². The van der Waals surface area contributed by atoms with Crippen LogP contribution < -0.4 is 5.32 Å². The van der Waals surface area contributed by atoms with Crippen molar-refractivity contribution >= 4 is 17.6 Å². The van der Waals surface area contributed by atoms with E-state index in [1.807, 2.05) is 0 Å². The van der Waals surface area contributed by atoms with Crippen molar-refractivity contribution in [3.8, 4) is 0 Å². The van der Waals surface area contributed by atoms with Gasteiger partial charge in [0, 0.05) is 6.20 Å². The summed E-state index contributed by atoms with van der Waals surface area (Å²) in [6, 6.07) is 5.11. The van der Waals surface area contributed by atoms with Crippen LogP contribution in [0.25, 0.3) is 0 Å². The van der Waals surface area contributed by atoms with Crippen LogP contribution in [-0.2, 0) is 0 Å². The first kappa shape index (κ1) is 13.6. The molecule has 0 spiro atoms. The van der Waals surface area contributed by atoms with E-state index in [0.717, 1.165) is 18.2 Å². The van der Waals surface area contributed by atoms with E-state index >= 15 is 0 Å². The predicted molar refractivity (Wildman–Crippen MR) is 65.5 cm³/mol.